The Morgan fingerprint density at radius 2 is 2.07 bits per heavy atom. The average Bonchev–Trinajstić information content (AvgIpc) is 1.99. The maximum absolute atomic E-state index is 11.1. The van der Waals surface area contributed by atoms with Crippen molar-refractivity contribution in [3.63, 3.8) is 0 Å². The molecule has 0 fully saturated rings. The number of carbonyl (C=O) groups excluding carboxylic acids is 1. The third kappa shape index (κ3) is 3.61. The van der Waals surface area contributed by atoms with Crippen LogP contribution in [0.4, 0.5) is 4.79 Å². The average molecular weight is 271 g/mol. The first-order valence-corrected chi connectivity index (χ1v) is 6.06. The number of hydrogen-bond acceptors (Lipinski definition) is 6. The molecule has 0 aromatic carbocycles. The summed E-state index contributed by atoms with van der Waals surface area (Å²) in [4.78, 5) is 17.3. The molecule has 1 rings (SSSR count). The maximum Gasteiger partial charge on any atom is 0.410 e. The van der Waals surface area contributed by atoms with Crippen LogP contribution in [-0.2, 0) is 9.84 Å². The Bertz CT molecular complexity index is 502. The van der Waals surface area contributed by atoms with Crippen LogP contribution in [0.3, 0.4) is 0 Å². The Labute approximate surface area is 95.1 Å². The van der Waals surface area contributed by atoms with Crippen molar-refractivity contribution in [2.75, 3.05) is 6.26 Å². The lowest BCUT2D eigenvalue weighted by atomic mass is 10.6. The minimum absolute atomic E-state index is 0.168. The zero-order chi connectivity index (χ0) is 11.6. The van der Waals surface area contributed by atoms with Crippen molar-refractivity contribution in [2.45, 2.75) is 5.16 Å². The highest BCUT2D eigenvalue weighted by Gasteiger charge is 2.15. The van der Waals surface area contributed by atoms with Gasteiger partial charge < -0.3 is 4.74 Å². The largest absolute Gasteiger partial charge is 0.410 e. The second-order valence-electron chi connectivity index (χ2n) is 2.42. The standard InChI is InChI=1S/C6H4Cl2N2O4S/c1-15(12,13)6-9-3(7)2-4(10-6)14-5(8)11/h2H,1H3. The highest BCUT2D eigenvalue weighted by molar-refractivity contribution is 7.90. The van der Waals surface area contributed by atoms with Gasteiger partial charge in [-0.3, -0.25) is 0 Å². The second kappa shape index (κ2) is 4.30. The molecule has 1 aromatic rings. The van der Waals surface area contributed by atoms with Crippen molar-refractivity contribution >= 4 is 38.5 Å². The normalized spacial score (nSPS) is 11.1. The molecule has 15 heavy (non-hydrogen) atoms. The van der Waals surface area contributed by atoms with Crippen molar-refractivity contribution < 1.29 is 17.9 Å². The van der Waals surface area contributed by atoms with Gasteiger partial charge >= 0.3 is 5.43 Å². The van der Waals surface area contributed by atoms with E-state index in [-0.39, 0.29) is 11.0 Å². The predicted octanol–water partition coefficient (Wildman–Crippen LogP) is 1.27. The Morgan fingerprint density at radius 3 is 2.53 bits per heavy atom. The molecular formula is C6H4Cl2N2O4S. The van der Waals surface area contributed by atoms with Gasteiger partial charge in [0.05, 0.1) is 0 Å². The van der Waals surface area contributed by atoms with Crippen LogP contribution >= 0.6 is 23.2 Å². The van der Waals surface area contributed by atoms with E-state index < -0.39 is 20.4 Å². The van der Waals surface area contributed by atoms with Gasteiger partial charge in [-0.1, -0.05) is 11.6 Å². The van der Waals surface area contributed by atoms with Crippen LogP contribution in [-0.4, -0.2) is 30.1 Å². The Hall–Kier alpha value is -0.920. The smallest absolute Gasteiger partial charge is 0.395 e. The topological polar surface area (TPSA) is 86.2 Å². The monoisotopic (exact) mass is 270 g/mol. The van der Waals surface area contributed by atoms with Gasteiger partial charge in [0.25, 0.3) is 5.16 Å². The molecule has 0 radical (unpaired) electrons. The second-order valence-corrected chi connectivity index (χ2v) is 5.03. The molecule has 0 aliphatic heterocycles. The zero-order valence-corrected chi connectivity index (χ0v) is 9.60. The van der Waals surface area contributed by atoms with E-state index in [1.165, 1.54) is 0 Å². The Kier molecular flexibility index (Phi) is 3.48. The number of sulfone groups is 1. The summed E-state index contributed by atoms with van der Waals surface area (Å²) >= 11 is 10.4. The fourth-order valence-electron chi connectivity index (χ4n) is 0.677. The number of nitrogens with zero attached hydrogens (tertiary/aromatic N) is 2. The van der Waals surface area contributed by atoms with Crippen molar-refractivity contribution in [3.8, 4) is 5.88 Å². The number of rotatable bonds is 2. The third-order valence-electron chi connectivity index (χ3n) is 1.17. The molecule has 82 valence electrons. The van der Waals surface area contributed by atoms with E-state index >= 15 is 0 Å². The molecule has 0 N–H and O–H groups in total. The molecule has 1 aromatic heterocycles. The molecule has 0 unspecified atom stereocenters. The summed E-state index contributed by atoms with van der Waals surface area (Å²) in [7, 11) is -3.62. The van der Waals surface area contributed by atoms with Gasteiger partial charge in [-0.2, -0.15) is 4.98 Å². The fraction of sp³-hybridized carbons (Fsp3) is 0.167. The molecule has 1 heterocycles. The highest BCUT2D eigenvalue weighted by Crippen LogP contribution is 2.16. The van der Waals surface area contributed by atoms with Gasteiger partial charge in [0.15, 0.2) is 0 Å². The summed E-state index contributed by atoms with van der Waals surface area (Å²) in [5.41, 5.74) is -1.15. The van der Waals surface area contributed by atoms with Crippen LogP contribution in [0.15, 0.2) is 11.2 Å². The maximum atomic E-state index is 11.1. The van der Waals surface area contributed by atoms with E-state index in [9.17, 15) is 13.2 Å². The summed E-state index contributed by atoms with van der Waals surface area (Å²) in [6, 6.07) is 1.07. The zero-order valence-electron chi connectivity index (χ0n) is 7.27. The lowest BCUT2D eigenvalue weighted by Crippen LogP contribution is -2.07. The molecule has 0 aliphatic carbocycles. The molecule has 6 nitrogen and oxygen atoms in total. The minimum atomic E-state index is -3.62. The van der Waals surface area contributed by atoms with Crippen LogP contribution in [0.25, 0.3) is 0 Å². The Balaban J connectivity index is 3.23. The molecule has 0 aliphatic rings. The van der Waals surface area contributed by atoms with Crippen LogP contribution < -0.4 is 4.74 Å². The number of halogens is 2. The highest BCUT2D eigenvalue weighted by atomic mass is 35.5. The molecule has 0 amide bonds. The van der Waals surface area contributed by atoms with E-state index in [1.807, 2.05) is 0 Å². The number of aromatic nitrogens is 2. The molecule has 9 heteroatoms. The van der Waals surface area contributed by atoms with Crippen molar-refractivity contribution in [3.05, 3.63) is 11.2 Å². The van der Waals surface area contributed by atoms with Gasteiger partial charge in [0.2, 0.25) is 15.7 Å². The SMILES string of the molecule is CS(=O)(=O)c1nc(Cl)cc(OC(=O)Cl)n1. The summed E-state index contributed by atoms with van der Waals surface area (Å²) in [6.07, 6.45) is 0.894. The van der Waals surface area contributed by atoms with Gasteiger partial charge in [0, 0.05) is 23.9 Å². The predicted molar refractivity (Wildman–Crippen MR) is 52.0 cm³/mol. The van der Waals surface area contributed by atoms with Crippen molar-refractivity contribution in [1.82, 2.24) is 9.97 Å². The fourth-order valence-corrected chi connectivity index (χ4v) is 1.50. The van der Waals surface area contributed by atoms with E-state index in [0.29, 0.717) is 0 Å². The first-order valence-electron chi connectivity index (χ1n) is 3.41. The first kappa shape index (κ1) is 12.2. The Morgan fingerprint density at radius 1 is 1.47 bits per heavy atom. The lowest BCUT2D eigenvalue weighted by molar-refractivity contribution is 0.223. The quantitative estimate of drug-likeness (QED) is 0.457. The van der Waals surface area contributed by atoms with Crippen LogP contribution in [0.1, 0.15) is 0 Å². The molecule has 0 saturated heterocycles. The van der Waals surface area contributed by atoms with Gasteiger partial charge in [-0.25, -0.2) is 18.2 Å². The van der Waals surface area contributed by atoms with E-state index in [4.69, 9.17) is 23.2 Å². The minimum Gasteiger partial charge on any atom is -0.395 e. The summed E-state index contributed by atoms with van der Waals surface area (Å²) in [5.74, 6) is -0.324. The molecular weight excluding hydrogens is 267 g/mol. The lowest BCUT2D eigenvalue weighted by Gasteiger charge is -2.01. The number of hydrogen-bond donors (Lipinski definition) is 0. The first-order chi connectivity index (χ1) is 6.79. The molecule has 0 atom stereocenters. The van der Waals surface area contributed by atoms with Crippen LogP contribution in [0.5, 0.6) is 5.88 Å². The van der Waals surface area contributed by atoms with Crippen molar-refractivity contribution in [1.29, 1.82) is 0 Å². The van der Waals surface area contributed by atoms with Gasteiger partial charge in [-0.15, -0.1) is 0 Å². The number of ether oxygens (including phenoxy) is 1. The van der Waals surface area contributed by atoms with E-state index in [1.54, 1.807) is 0 Å². The van der Waals surface area contributed by atoms with Crippen molar-refractivity contribution in [2.24, 2.45) is 0 Å². The molecule has 0 saturated carbocycles. The number of carbonyl (C=O) groups is 1. The summed E-state index contributed by atoms with van der Waals surface area (Å²) in [5, 5.41) is -0.707. The summed E-state index contributed by atoms with van der Waals surface area (Å²) < 4.78 is 26.5. The molecule has 0 spiro atoms. The summed E-state index contributed by atoms with van der Waals surface area (Å²) in [6.45, 7) is 0. The van der Waals surface area contributed by atoms with Gasteiger partial charge in [-0.05, 0) is 0 Å². The van der Waals surface area contributed by atoms with Gasteiger partial charge in [0.1, 0.15) is 5.15 Å². The van der Waals surface area contributed by atoms with E-state index in [0.717, 1.165) is 12.3 Å². The van der Waals surface area contributed by atoms with Crippen LogP contribution in [0, 0.1) is 0 Å². The third-order valence-corrected chi connectivity index (χ3v) is 2.28. The van der Waals surface area contributed by atoms with E-state index in [2.05, 4.69) is 14.7 Å². The molecule has 0 bridgehead atoms. The van der Waals surface area contributed by atoms with Crippen LogP contribution in [0.2, 0.25) is 5.15 Å².